The largest absolute Gasteiger partial charge is 0.371 e. The maximum absolute atomic E-state index is 11.6. The van der Waals surface area contributed by atoms with E-state index in [1.54, 1.807) is 7.05 Å². The van der Waals surface area contributed by atoms with Gasteiger partial charge in [-0.2, -0.15) is 0 Å². The van der Waals surface area contributed by atoms with Crippen molar-refractivity contribution in [2.24, 2.45) is 11.7 Å². The molecule has 1 aliphatic rings. The molecule has 19 heavy (non-hydrogen) atoms. The summed E-state index contributed by atoms with van der Waals surface area (Å²) in [6.07, 6.45) is 1.80. The lowest BCUT2D eigenvalue weighted by Crippen LogP contribution is -2.40. The molecule has 0 aromatic heterocycles. The molecule has 1 aromatic carbocycles. The summed E-state index contributed by atoms with van der Waals surface area (Å²) in [6.45, 7) is 2.35. The normalized spacial score (nSPS) is 16.5. The number of hydrogen-bond acceptors (Lipinski definition) is 3. The third kappa shape index (κ3) is 3.28. The molecule has 1 fully saturated rings. The van der Waals surface area contributed by atoms with Crippen LogP contribution in [-0.2, 0) is 11.3 Å². The van der Waals surface area contributed by atoms with Gasteiger partial charge in [-0.25, -0.2) is 0 Å². The van der Waals surface area contributed by atoms with Crippen LogP contribution in [0.2, 0.25) is 0 Å². The van der Waals surface area contributed by atoms with E-state index in [1.807, 2.05) is 6.07 Å². The van der Waals surface area contributed by atoms with Crippen molar-refractivity contribution in [2.45, 2.75) is 19.4 Å². The third-order valence-corrected chi connectivity index (χ3v) is 4.21. The van der Waals surface area contributed by atoms with Crippen molar-refractivity contribution in [3.8, 4) is 0 Å². The highest BCUT2D eigenvalue weighted by Crippen LogP contribution is 2.29. The minimum atomic E-state index is 0.148. The quantitative estimate of drug-likeness (QED) is 0.892. The van der Waals surface area contributed by atoms with Crippen molar-refractivity contribution < 1.29 is 4.79 Å². The van der Waals surface area contributed by atoms with E-state index in [9.17, 15) is 4.79 Å². The topological polar surface area (TPSA) is 58.4 Å². The number of piperidine rings is 1. The highest BCUT2D eigenvalue weighted by Gasteiger charge is 2.25. The van der Waals surface area contributed by atoms with Gasteiger partial charge in [0.2, 0.25) is 5.91 Å². The Morgan fingerprint density at radius 2 is 2.16 bits per heavy atom. The summed E-state index contributed by atoms with van der Waals surface area (Å²) in [6, 6.07) is 6.19. The van der Waals surface area contributed by atoms with E-state index in [0.717, 1.165) is 36.0 Å². The summed E-state index contributed by atoms with van der Waals surface area (Å²) < 4.78 is 1.06. The molecule has 4 nitrogen and oxygen atoms in total. The molecular weight excluding hydrogens is 306 g/mol. The standard InChI is InChI=1S/C14H20BrN3O/c1-17-14(19)10-4-6-18(7-5-10)13-8-12(15)3-2-11(13)9-16/h2-3,8,10H,4-7,9,16H2,1H3,(H,17,19). The van der Waals surface area contributed by atoms with E-state index in [0.29, 0.717) is 6.54 Å². The molecule has 1 saturated heterocycles. The molecule has 0 unspecified atom stereocenters. The number of nitrogens with one attached hydrogen (secondary N) is 1. The van der Waals surface area contributed by atoms with Crippen LogP contribution < -0.4 is 16.0 Å². The molecule has 0 aliphatic carbocycles. The average molecular weight is 326 g/mol. The van der Waals surface area contributed by atoms with Crippen LogP contribution in [0.4, 0.5) is 5.69 Å². The van der Waals surface area contributed by atoms with E-state index < -0.39 is 0 Å². The van der Waals surface area contributed by atoms with Crippen LogP contribution in [0.15, 0.2) is 22.7 Å². The predicted octanol–water partition coefficient (Wildman–Crippen LogP) is 1.87. The molecule has 3 N–H and O–H groups in total. The number of nitrogens with two attached hydrogens (primary N) is 1. The van der Waals surface area contributed by atoms with Crippen molar-refractivity contribution in [1.82, 2.24) is 5.32 Å². The summed E-state index contributed by atoms with van der Waals surface area (Å²) in [7, 11) is 1.70. The van der Waals surface area contributed by atoms with E-state index in [-0.39, 0.29) is 11.8 Å². The first-order valence-electron chi connectivity index (χ1n) is 6.60. The predicted molar refractivity (Wildman–Crippen MR) is 81.0 cm³/mol. The lowest BCUT2D eigenvalue weighted by atomic mass is 9.95. The van der Waals surface area contributed by atoms with Crippen LogP contribution >= 0.6 is 15.9 Å². The van der Waals surface area contributed by atoms with Crippen LogP contribution in [0.5, 0.6) is 0 Å². The van der Waals surface area contributed by atoms with Crippen molar-refractivity contribution >= 4 is 27.5 Å². The van der Waals surface area contributed by atoms with Gasteiger partial charge in [0.1, 0.15) is 0 Å². The SMILES string of the molecule is CNC(=O)C1CCN(c2cc(Br)ccc2CN)CC1. The molecule has 104 valence electrons. The Morgan fingerprint density at radius 3 is 2.74 bits per heavy atom. The van der Waals surface area contributed by atoms with Crippen molar-refractivity contribution in [3.05, 3.63) is 28.2 Å². The van der Waals surface area contributed by atoms with Crippen molar-refractivity contribution in [3.63, 3.8) is 0 Å². The number of halogens is 1. The first-order chi connectivity index (χ1) is 9.15. The van der Waals surface area contributed by atoms with E-state index in [2.05, 4.69) is 38.3 Å². The molecule has 5 heteroatoms. The molecular formula is C14H20BrN3O. The second-order valence-corrected chi connectivity index (χ2v) is 5.77. The molecule has 1 heterocycles. The molecule has 0 saturated carbocycles. The van der Waals surface area contributed by atoms with Crippen LogP contribution in [0.3, 0.4) is 0 Å². The first kappa shape index (κ1) is 14.3. The van der Waals surface area contributed by atoms with Gasteiger partial charge in [-0.1, -0.05) is 22.0 Å². The van der Waals surface area contributed by atoms with Gasteiger partial charge in [0, 0.05) is 42.8 Å². The maximum atomic E-state index is 11.6. The zero-order valence-electron chi connectivity index (χ0n) is 11.2. The number of rotatable bonds is 3. The fourth-order valence-electron chi connectivity index (χ4n) is 2.59. The molecule has 0 atom stereocenters. The van der Waals surface area contributed by atoms with Crippen molar-refractivity contribution in [1.29, 1.82) is 0 Å². The monoisotopic (exact) mass is 325 g/mol. The number of carbonyl (C=O) groups excluding carboxylic acids is 1. The lowest BCUT2D eigenvalue weighted by molar-refractivity contribution is -0.125. The summed E-state index contributed by atoms with van der Waals surface area (Å²) in [5.74, 6) is 0.308. The Morgan fingerprint density at radius 1 is 1.47 bits per heavy atom. The second kappa shape index (κ2) is 6.39. The molecule has 0 spiro atoms. The van der Waals surface area contributed by atoms with E-state index in [1.165, 1.54) is 5.69 Å². The first-order valence-corrected chi connectivity index (χ1v) is 7.40. The maximum Gasteiger partial charge on any atom is 0.222 e. The summed E-state index contributed by atoms with van der Waals surface area (Å²) in [5.41, 5.74) is 8.14. The number of hydrogen-bond donors (Lipinski definition) is 2. The number of carbonyl (C=O) groups is 1. The van der Waals surface area contributed by atoms with E-state index >= 15 is 0 Å². The fourth-order valence-corrected chi connectivity index (χ4v) is 2.94. The highest BCUT2D eigenvalue weighted by molar-refractivity contribution is 9.10. The lowest BCUT2D eigenvalue weighted by Gasteiger charge is -2.34. The molecule has 1 aliphatic heterocycles. The zero-order chi connectivity index (χ0) is 13.8. The van der Waals surface area contributed by atoms with E-state index in [4.69, 9.17) is 5.73 Å². The van der Waals surface area contributed by atoms with Crippen LogP contribution in [-0.4, -0.2) is 26.0 Å². The number of amides is 1. The van der Waals surface area contributed by atoms with Gasteiger partial charge in [0.05, 0.1) is 0 Å². The van der Waals surface area contributed by atoms with Gasteiger partial charge in [-0.3, -0.25) is 4.79 Å². The fraction of sp³-hybridized carbons (Fsp3) is 0.500. The molecule has 1 aromatic rings. The Labute approximate surface area is 122 Å². The van der Waals surface area contributed by atoms with Gasteiger partial charge >= 0.3 is 0 Å². The number of benzene rings is 1. The Bertz CT molecular complexity index is 456. The Balaban J connectivity index is 2.09. The Kier molecular flexibility index (Phi) is 4.82. The van der Waals surface area contributed by atoms with Gasteiger partial charge in [0.25, 0.3) is 0 Å². The summed E-state index contributed by atoms with van der Waals surface area (Å²) in [5, 5.41) is 2.74. The van der Waals surface area contributed by atoms with Crippen LogP contribution in [0, 0.1) is 5.92 Å². The van der Waals surface area contributed by atoms with Gasteiger partial charge in [-0.05, 0) is 30.5 Å². The summed E-state index contributed by atoms with van der Waals surface area (Å²) >= 11 is 3.51. The van der Waals surface area contributed by atoms with Gasteiger partial charge in [0.15, 0.2) is 0 Å². The Hall–Kier alpha value is -1.07. The number of nitrogens with zero attached hydrogens (tertiary/aromatic N) is 1. The molecule has 0 radical (unpaired) electrons. The minimum absolute atomic E-state index is 0.148. The molecule has 2 rings (SSSR count). The molecule has 1 amide bonds. The van der Waals surface area contributed by atoms with Crippen LogP contribution in [0.1, 0.15) is 18.4 Å². The van der Waals surface area contributed by atoms with Gasteiger partial charge < -0.3 is 16.0 Å². The minimum Gasteiger partial charge on any atom is -0.371 e. The number of anilines is 1. The van der Waals surface area contributed by atoms with Gasteiger partial charge in [-0.15, -0.1) is 0 Å². The van der Waals surface area contributed by atoms with Crippen LogP contribution in [0.25, 0.3) is 0 Å². The second-order valence-electron chi connectivity index (χ2n) is 4.85. The molecule has 0 bridgehead atoms. The van der Waals surface area contributed by atoms with Crippen molar-refractivity contribution in [2.75, 3.05) is 25.0 Å². The average Bonchev–Trinajstić information content (AvgIpc) is 2.46. The third-order valence-electron chi connectivity index (χ3n) is 3.72. The smallest absolute Gasteiger partial charge is 0.222 e. The summed E-state index contributed by atoms with van der Waals surface area (Å²) in [4.78, 5) is 14.0. The highest BCUT2D eigenvalue weighted by atomic mass is 79.9. The zero-order valence-corrected chi connectivity index (χ0v) is 12.7.